The highest BCUT2D eigenvalue weighted by Crippen LogP contribution is 2.33. The number of thiazole rings is 1. The van der Waals surface area contributed by atoms with Gasteiger partial charge in [0.05, 0.1) is 21.8 Å². The van der Waals surface area contributed by atoms with Crippen molar-refractivity contribution in [2.45, 2.75) is 6.54 Å². The quantitative estimate of drug-likeness (QED) is 0.398. The molecule has 0 unspecified atom stereocenters. The van der Waals surface area contributed by atoms with Crippen LogP contribution >= 0.6 is 34.5 Å². The molecule has 0 fully saturated rings. The Morgan fingerprint density at radius 3 is 2.71 bits per heavy atom. The van der Waals surface area contributed by atoms with E-state index >= 15 is 0 Å². The number of hydrogen-bond donors (Lipinski definition) is 0. The van der Waals surface area contributed by atoms with E-state index in [4.69, 9.17) is 23.2 Å². The number of carbonyl (C=O) groups excluding carboxylic acids is 1. The molecule has 4 aromatic rings. The van der Waals surface area contributed by atoms with E-state index in [1.807, 2.05) is 6.07 Å². The highest BCUT2D eigenvalue weighted by atomic mass is 35.5. The summed E-state index contributed by atoms with van der Waals surface area (Å²) in [6, 6.07) is 13.0. The second kappa shape index (κ2) is 7.83. The summed E-state index contributed by atoms with van der Waals surface area (Å²) < 4.78 is 14.8. The third-order valence-electron chi connectivity index (χ3n) is 4.06. The van der Waals surface area contributed by atoms with Crippen LogP contribution in [0.3, 0.4) is 0 Å². The lowest BCUT2D eigenvalue weighted by atomic mass is 10.2. The van der Waals surface area contributed by atoms with E-state index in [0.717, 1.165) is 5.56 Å². The largest absolute Gasteiger partial charge is 0.279 e. The van der Waals surface area contributed by atoms with Crippen LogP contribution in [0.5, 0.6) is 0 Å². The SMILES string of the molecule is O=C(c1ccc(Cl)cc1Cl)N(Cc1cccnc1)c1nc2c(F)cccc2s1. The lowest BCUT2D eigenvalue weighted by Gasteiger charge is -2.20. The van der Waals surface area contributed by atoms with Crippen molar-refractivity contribution in [3.8, 4) is 0 Å². The first-order valence-electron chi connectivity index (χ1n) is 8.24. The van der Waals surface area contributed by atoms with Crippen LogP contribution in [0.2, 0.25) is 10.0 Å². The van der Waals surface area contributed by atoms with Crippen molar-refractivity contribution < 1.29 is 9.18 Å². The summed E-state index contributed by atoms with van der Waals surface area (Å²) >= 11 is 13.4. The summed E-state index contributed by atoms with van der Waals surface area (Å²) in [6.07, 6.45) is 3.32. The Morgan fingerprint density at radius 2 is 2.00 bits per heavy atom. The second-order valence-electron chi connectivity index (χ2n) is 5.96. The molecule has 0 radical (unpaired) electrons. The van der Waals surface area contributed by atoms with Crippen molar-refractivity contribution in [2.75, 3.05) is 4.90 Å². The van der Waals surface area contributed by atoms with Gasteiger partial charge in [-0.25, -0.2) is 9.37 Å². The smallest absolute Gasteiger partial charge is 0.261 e. The number of aromatic nitrogens is 2. The molecule has 0 atom stereocenters. The van der Waals surface area contributed by atoms with Crippen LogP contribution in [-0.2, 0) is 6.54 Å². The summed E-state index contributed by atoms with van der Waals surface area (Å²) in [5, 5.41) is 1.04. The molecule has 28 heavy (non-hydrogen) atoms. The van der Waals surface area contributed by atoms with Gasteiger partial charge in [0.15, 0.2) is 5.13 Å². The van der Waals surface area contributed by atoms with Gasteiger partial charge in [-0.2, -0.15) is 0 Å². The van der Waals surface area contributed by atoms with E-state index in [9.17, 15) is 9.18 Å². The number of para-hydroxylation sites is 1. The number of halogens is 3. The molecule has 0 aliphatic carbocycles. The molecule has 0 saturated heterocycles. The molecule has 0 aliphatic heterocycles. The molecule has 2 aromatic carbocycles. The van der Waals surface area contributed by atoms with Crippen molar-refractivity contribution in [3.05, 3.63) is 87.9 Å². The standard InChI is InChI=1S/C20H12Cl2FN3OS/c21-13-6-7-14(15(22)9-13)19(27)26(11-12-3-2-8-24-10-12)20-25-18-16(23)4-1-5-17(18)28-20/h1-10H,11H2. The van der Waals surface area contributed by atoms with Gasteiger partial charge in [-0.1, -0.05) is 46.7 Å². The Morgan fingerprint density at radius 1 is 1.14 bits per heavy atom. The van der Waals surface area contributed by atoms with E-state index in [2.05, 4.69) is 9.97 Å². The number of rotatable bonds is 4. The molecule has 2 heterocycles. The molecule has 8 heteroatoms. The first-order chi connectivity index (χ1) is 13.5. The fourth-order valence-electron chi connectivity index (χ4n) is 2.73. The van der Waals surface area contributed by atoms with Crippen molar-refractivity contribution in [2.24, 2.45) is 0 Å². The number of benzene rings is 2. The normalized spacial score (nSPS) is 11.0. The van der Waals surface area contributed by atoms with Crippen LogP contribution in [0, 0.1) is 5.82 Å². The average molecular weight is 432 g/mol. The van der Waals surface area contributed by atoms with Crippen molar-refractivity contribution in [1.82, 2.24) is 9.97 Å². The lowest BCUT2D eigenvalue weighted by Crippen LogP contribution is -2.30. The van der Waals surface area contributed by atoms with Gasteiger partial charge in [0.25, 0.3) is 5.91 Å². The first kappa shape index (κ1) is 18.8. The third-order valence-corrected chi connectivity index (χ3v) is 5.65. The van der Waals surface area contributed by atoms with Gasteiger partial charge in [0.2, 0.25) is 0 Å². The monoisotopic (exact) mass is 431 g/mol. The number of hydrogen-bond acceptors (Lipinski definition) is 4. The van der Waals surface area contributed by atoms with Gasteiger partial charge in [0.1, 0.15) is 11.3 Å². The molecule has 0 bridgehead atoms. The molecular formula is C20H12Cl2FN3OS. The maximum Gasteiger partial charge on any atom is 0.261 e. The van der Waals surface area contributed by atoms with E-state index in [1.165, 1.54) is 28.4 Å². The second-order valence-corrected chi connectivity index (χ2v) is 7.81. The zero-order valence-electron chi connectivity index (χ0n) is 14.3. The van der Waals surface area contributed by atoms with E-state index in [0.29, 0.717) is 14.9 Å². The third kappa shape index (κ3) is 3.71. The highest BCUT2D eigenvalue weighted by molar-refractivity contribution is 7.22. The molecular weight excluding hydrogens is 420 g/mol. The molecule has 1 amide bonds. The first-order valence-corrected chi connectivity index (χ1v) is 9.81. The maximum absolute atomic E-state index is 14.1. The number of carbonyl (C=O) groups is 1. The van der Waals surface area contributed by atoms with Crippen LogP contribution in [0.4, 0.5) is 9.52 Å². The molecule has 140 valence electrons. The predicted octanol–water partition coefficient (Wildman–Crippen LogP) is 5.98. The summed E-state index contributed by atoms with van der Waals surface area (Å²) in [4.78, 5) is 23.2. The fraction of sp³-hybridized carbons (Fsp3) is 0.0500. The van der Waals surface area contributed by atoms with E-state index in [1.54, 1.807) is 42.7 Å². The minimum Gasteiger partial charge on any atom is -0.279 e. The Kier molecular flexibility index (Phi) is 5.26. The van der Waals surface area contributed by atoms with Crippen LogP contribution in [-0.4, -0.2) is 15.9 Å². The fourth-order valence-corrected chi connectivity index (χ4v) is 4.19. The van der Waals surface area contributed by atoms with Crippen molar-refractivity contribution in [3.63, 3.8) is 0 Å². The van der Waals surface area contributed by atoms with Gasteiger partial charge in [-0.15, -0.1) is 0 Å². The van der Waals surface area contributed by atoms with Gasteiger partial charge < -0.3 is 0 Å². The molecule has 0 saturated carbocycles. The molecule has 4 nitrogen and oxygen atoms in total. The number of pyridine rings is 1. The van der Waals surface area contributed by atoms with E-state index < -0.39 is 5.82 Å². The maximum atomic E-state index is 14.1. The predicted molar refractivity (Wildman–Crippen MR) is 111 cm³/mol. The van der Waals surface area contributed by atoms with Gasteiger partial charge in [-0.05, 0) is 42.0 Å². The van der Waals surface area contributed by atoms with Gasteiger partial charge >= 0.3 is 0 Å². The Hall–Kier alpha value is -2.54. The van der Waals surface area contributed by atoms with Crippen LogP contribution in [0.1, 0.15) is 15.9 Å². The number of fused-ring (bicyclic) bond motifs is 1. The molecule has 0 aliphatic rings. The summed E-state index contributed by atoms with van der Waals surface area (Å²) in [5.41, 5.74) is 1.32. The number of anilines is 1. The molecule has 0 spiro atoms. The van der Waals surface area contributed by atoms with Crippen LogP contribution < -0.4 is 4.90 Å². The van der Waals surface area contributed by atoms with Crippen molar-refractivity contribution in [1.29, 1.82) is 0 Å². The summed E-state index contributed by atoms with van der Waals surface area (Å²) in [7, 11) is 0. The highest BCUT2D eigenvalue weighted by Gasteiger charge is 2.24. The average Bonchev–Trinajstić information content (AvgIpc) is 3.12. The van der Waals surface area contributed by atoms with Crippen LogP contribution in [0.25, 0.3) is 10.2 Å². The van der Waals surface area contributed by atoms with Crippen LogP contribution in [0.15, 0.2) is 60.9 Å². The molecule has 4 rings (SSSR count). The molecule has 0 N–H and O–H groups in total. The van der Waals surface area contributed by atoms with Crippen molar-refractivity contribution >= 4 is 55.8 Å². The Bertz CT molecular complexity index is 1170. The summed E-state index contributed by atoms with van der Waals surface area (Å²) in [5.74, 6) is -0.789. The summed E-state index contributed by atoms with van der Waals surface area (Å²) in [6.45, 7) is 0.215. The van der Waals surface area contributed by atoms with E-state index in [-0.39, 0.29) is 28.6 Å². The van der Waals surface area contributed by atoms with Gasteiger partial charge in [-0.3, -0.25) is 14.7 Å². The minimum absolute atomic E-state index is 0.215. The Balaban J connectivity index is 1.80. The Labute approximate surface area is 174 Å². The zero-order chi connectivity index (χ0) is 19.7. The topological polar surface area (TPSA) is 46.1 Å². The number of amides is 1. The molecule has 2 aromatic heterocycles. The zero-order valence-corrected chi connectivity index (χ0v) is 16.6. The number of nitrogens with zero attached hydrogens (tertiary/aromatic N) is 3. The minimum atomic E-state index is -0.432. The van der Waals surface area contributed by atoms with Gasteiger partial charge in [0, 0.05) is 17.4 Å². The lowest BCUT2D eigenvalue weighted by molar-refractivity contribution is 0.0985.